The average molecular weight is 446 g/mol. The number of ether oxygens (including phenoxy) is 1. The molecule has 2 aromatic carbocycles. The lowest BCUT2D eigenvalue weighted by Gasteiger charge is -2.20. The van der Waals surface area contributed by atoms with Crippen molar-refractivity contribution in [2.45, 2.75) is 59.5 Å². The Balaban J connectivity index is 1.81. The summed E-state index contributed by atoms with van der Waals surface area (Å²) in [4.78, 5) is 4.62. The van der Waals surface area contributed by atoms with Crippen LogP contribution in [0.5, 0.6) is 5.75 Å². The van der Waals surface area contributed by atoms with Crippen molar-refractivity contribution in [2.24, 2.45) is 0 Å². The number of hydrogen-bond acceptors (Lipinski definition) is 4. The zero-order chi connectivity index (χ0) is 22.8. The van der Waals surface area contributed by atoms with E-state index in [9.17, 15) is 5.26 Å². The van der Waals surface area contributed by atoms with Gasteiger partial charge in [0.2, 0.25) is 0 Å². The Morgan fingerprint density at radius 3 is 2.62 bits per heavy atom. The molecule has 1 heterocycles. The fourth-order valence-corrected chi connectivity index (χ4v) is 4.85. The summed E-state index contributed by atoms with van der Waals surface area (Å²) < 4.78 is 6.16. The number of aromatic nitrogens is 1. The number of benzene rings is 2. The summed E-state index contributed by atoms with van der Waals surface area (Å²) in [5.74, 6) is 1.15. The lowest BCUT2D eigenvalue weighted by Crippen LogP contribution is -2.09. The Bertz CT molecular complexity index is 1230. The van der Waals surface area contributed by atoms with Crippen molar-refractivity contribution in [3.05, 3.63) is 74.4 Å². The second kappa shape index (κ2) is 9.22. The van der Waals surface area contributed by atoms with Gasteiger partial charge in [0.15, 0.2) is 0 Å². The molecule has 0 saturated heterocycles. The van der Waals surface area contributed by atoms with E-state index in [1.807, 2.05) is 25.1 Å². The molecule has 0 saturated carbocycles. The van der Waals surface area contributed by atoms with E-state index in [4.69, 9.17) is 22.1 Å². The Morgan fingerprint density at radius 1 is 1.09 bits per heavy atom. The first-order valence-corrected chi connectivity index (χ1v) is 11.5. The number of nitriles is 1. The molecule has 3 aromatic rings. The number of fused-ring (bicyclic) bond motifs is 1. The molecule has 0 amide bonds. The Kier molecular flexibility index (Phi) is 6.39. The van der Waals surface area contributed by atoms with Gasteiger partial charge in [0.05, 0.1) is 0 Å². The first-order chi connectivity index (χ1) is 15.4. The molecule has 0 unspecified atom stereocenters. The highest BCUT2D eigenvalue weighted by molar-refractivity contribution is 6.30. The van der Waals surface area contributed by atoms with Crippen molar-refractivity contribution in [2.75, 3.05) is 5.73 Å². The molecule has 4 nitrogen and oxygen atoms in total. The highest BCUT2D eigenvalue weighted by Gasteiger charge is 2.23. The Labute approximate surface area is 195 Å². The zero-order valence-electron chi connectivity index (χ0n) is 18.9. The molecule has 0 aliphatic heterocycles. The standard InChI is InChI=1S/C27H28ClN3O/c1-16-11-19(15-32-25-10-9-20(28)13-17(25)2)18(3)22(12-16)26-21-7-5-4-6-8-24(21)31-27(30)23(26)14-29/h9-13H,4-8,15H2,1-3H3,(H2,30,31). The highest BCUT2D eigenvalue weighted by Crippen LogP contribution is 2.38. The average Bonchev–Trinajstić information content (AvgIpc) is 2.99. The minimum absolute atomic E-state index is 0.332. The summed E-state index contributed by atoms with van der Waals surface area (Å²) in [5, 5.41) is 10.7. The first kappa shape index (κ1) is 22.2. The van der Waals surface area contributed by atoms with Crippen LogP contribution in [0.2, 0.25) is 5.02 Å². The Morgan fingerprint density at radius 2 is 1.88 bits per heavy atom. The minimum atomic E-state index is 0.332. The van der Waals surface area contributed by atoms with Crippen molar-refractivity contribution in [1.29, 1.82) is 5.26 Å². The number of halogens is 1. The second-order valence-corrected chi connectivity index (χ2v) is 9.08. The third-order valence-electron chi connectivity index (χ3n) is 6.31. The van der Waals surface area contributed by atoms with Gasteiger partial charge < -0.3 is 10.5 Å². The van der Waals surface area contributed by atoms with E-state index in [1.54, 1.807) is 0 Å². The molecule has 4 rings (SSSR count). The number of aryl methyl sites for hydroxylation is 3. The largest absolute Gasteiger partial charge is 0.489 e. The van der Waals surface area contributed by atoms with E-state index in [2.05, 4.69) is 37.0 Å². The molecular weight excluding hydrogens is 418 g/mol. The van der Waals surface area contributed by atoms with Gasteiger partial charge in [-0.25, -0.2) is 4.98 Å². The molecule has 5 heteroatoms. The maximum absolute atomic E-state index is 9.96. The van der Waals surface area contributed by atoms with Gasteiger partial charge in [0, 0.05) is 16.3 Å². The van der Waals surface area contributed by atoms with Crippen LogP contribution in [-0.2, 0) is 19.4 Å². The zero-order valence-corrected chi connectivity index (χ0v) is 19.6. The van der Waals surface area contributed by atoms with Crippen molar-refractivity contribution in [3.8, 4) is 22.9 Å². The van der Waals surface area contributed by atoms with Crippen molar-refractivity contribution < 1.29 is 4.74 Å². The molecule has 1 aliphatic rings. The van der Waals surface area contributed by atoms with E-state index in [-0.39, 0.29) is 0 Å². The van der Waals surface area contributed by atoms with Gasteiger partial charge in [-0.15, -0.1) is 0 Å². The molecule has 2 N–H and O–H groups in total. The van der Waals surface area contributed by atoms with Gasteiger partial charge in [0.25, 0.3) is 0 Å². The predicted molar refractivity (Wildman–Crippen MR) is 130 cm³/mol. The van der Waals surface area contributed by atoms with Crippen LogP contribution in [0.15, 0.2) is 30.3 Å². The monoisotopic (exact) mass is 445 g/mol. The maximum atomic E-state index is 9.96. The SMILES string of the molecule is Cc1cc(COc2ccc(Cl)cc2C)c(C)c(-c2c(C#N)c(N)nc3c2CCCCC3)c1. The van der Waals surface area contributed by atoms with E-state index >= 15 is 0 Å². The van der Waals surface area contributed by atoms with Crippen LogP contribution in [0, 0.1) is 32.1 Å². The van der Waals surface area contributed by atoms with Crippen molar-refractivity contribution in [3.63, 3.8) is 0 Å². The number of anilines is 1. The number of nitrogen functional groups attached to an aromatic ring is 1. The number of rotatable bonds is 4. The summed E-state index contributed by atoms with van der Waals surface area (Å²) in [6, 6.07) is 12.3. The van der Waals surface area contributed by atoms with Gasteiger partial charge in [-0.1, -0.05) is 35.7 Å². The van der Waals surface area contributed by atoms with E-state index in [1.165, 1.54) is 12.0 Å². The third-order valence-corrected chi connectivity index (χ3v) is 6.55. The van der Waals surface area contributed by atoms with Gasteiger partial charge in [0.1, 0.15) is 29.8 Å². The molecule has 0 fully saturated rings. The summed E-state index contributed by atoms with van der Waals surface area (Å²) >= 11 is 6.08. The summed E-state index contributed by atoms with van der Waals surface area (Å²) in [5.41, 5.74) is 15.3. The van der Waals surface area contributed by atoms with E-state index in [0.717, 1.165) is 70.5 Å². The normalized spacial score (nSPS) is 13.2. The number of nitrogens with zero attached hydrogens (tertiary/aromatic N) is 2. The Hall–Kier alpha value is -3.03. The predicted octanol–water partition coefficient (Wildman–Crippen LogP) is 6.63. The fraction of sp³-hybridized carbons (Fsp3) is 0.333. The van der Waals surface area contributed by atoms with Crippen molar-refractivity contribution in [1.82, 2.24) is 4.98 Å². The summed E-state index contributed by atoms with van der Waals surface area (Å²) in [7, 11) is 0. The summed E-state index contributed by atoms with van der Waals surface area (Å²) in [6.07, 6.45) is 5.22. The molecule has 0 spiro atoms. The molecule has 0 radical (unpaired) electrons. The minimum Gasteiger partial charge on any atom is -0.489 e. The fourth-order valence-electron chi connectivity index (χ4n) is 4.62. The van der Waals surface area contributed by atoms with E-state index < -0.39 is 0 Å². The second-order valence-electron chi connectivity index (χ2n) is 8.64. The van der Waals surface area contributed by atoms with Crippen LogP contribution < -0.4 is 10.5 Å². The molecule has 0 bridgehead atoms. The molecular formula is C27H28ClN3O. The lowest BCUT2D eigenvalue weighted by atomic mass is 9.87. The van der Waals surface area contributed by atoms with Crippen LogP contribution in [0.1, 0.15) is 58.3 Å². The summed E-state index contributed by atoms with van der Waals surface area (Å²) in [6.45, 7) is 6.61. The van der Waals surface area contributed by atoms with Crippen LogP contribution >= 0.6 is 11.6 Å². The highest BCUT2D eigenvalue weighted by atomic mass is 35.5. The van der Waals surface area contributed by atoms with Crippen LogP contribution in [-0.4, -0.2) is 4.98 Å². The van der Waals surface area contributed by atoms with Crippen LogP contribution in [0.3, 0.4) is 0 Å². The van der Waals surface area contributed by atoms with Gasteiger partial charge >= 0.3 is 0 Å². The molecule has 0 atom stereocenters. The van der Waals surface area contributed by atoms with E-state index in [0.29, 0.717) is 23.0 Å². The molecule has 1 aromatic heterocycles. The quantitative estimate of drug-likeness (QED) is 0.457. The van der Waals surface area contributed by atoms with Crippen LogP contribution in [0.25, 0.3) is 11.1 Å². The topological polar surface area (TPSA) is 71.9 Å². The molecule has 32 heavy (non-hydrogen) atoms. The molecule has 1 aliphatic carbocycles. The van der Waals surface area contributed by atoms with Gasteiger partial charge in [-0.2, -0.15) is 5.26 Å². The molecule has 164 valence electrons. The van der Waals surface area contributed by atoms with Gasteiger partial charge in [-0.05, 0) is 92.5 Å². The van der Waals surface area contributed by atoms with Crippen LogP contribution in [0.4, 0.5) is 5.82 Å². The van der Waals surface area contributed by atoms with Crippen molar-refractivity contribution >= 4 is 17.4 Å². The number of pyridine rings is 1. The number of nitrogens with two attached hydrogens (primary N) is 1. The van der Waals surface area contributed by atoms with Gasteiger partial charge in [-0.3, -0.25) is 0 Å². The lowest BCUT2D eigenvalue weighted by molar-refractivity contribution is 0.303. The third kappa shape index (κ3) is 4.31. The number of hydrogen-bond donors (Lipinski definition) is 1. The smallest absolute Gasteiger partial charge is 0.142 e. The first-order valence-electron chi connectivity index (χ1n) is 11.1. The maximum Gasteiger partial charge on any atom is 0.142 e.